The van der Waals surface area contributed by atoms with E-state index in [0.29, 0.717) is 5.54 Å². The van der Waals surface area contributed by atoms with Crippen LogP contribution >= 0.6 is 0 Å². The van der Waals surface area contributed by atoms with E-state index in [1.54, 1.807) is 0 Å². The highest BCUT2D eigenvalue weighted by Gasteiger charge is 2.42. The molecular formula is C9H16N. The molecule has 0 aromatic carbocycles. The Morgan fingerprint density at radius 1 is 1.20 bits per heavy atom. The number of hydrogen-bond acceptors (Lipinski definition) is 1. The van der Waals surface area contributed by atoms with Crippen LogP contribution in [0.1, 0.15) is 32.1 Å². The van der Waals surface area contributed by atoms with E-state index in [0.717, 1.165) is 6.42 Å². The maximum Gasteiger partial charge on any atom is 0.0210 e. The molecule has 0 spiro atoms. The van der Waals surface area contributed by atoms with E-state index in [2.05, 4.69) is 11.8 Å². The number of rotatable bonds is 1. The fourth-order valence-electron chi connectivity index (χ4n) is 2.63. The molecule has 2 saturated heterocycles. The van der Waals surface area contributed by atoms with Crippen molar-refractivity contribution in [2.24, 2.45) is 0 Å². The van der Waals surface area contributed by atoms with Gasteiger partial charge in [-0.05, 0) is 45.2 Å². The average molecular weight is 138 g/mol. The Morgan fingerprint density at radius 3 is 2.20 bits per heavy atom. The van der Waals surface area contributed by atoms with E-state index in [4.69, 9.17) is 0 Å². The lowest BCUT2D eigenvalue weighted by Gasteiger charge is -2.30. The zero-order chi connectivity index (χ0) is 7.03. The Balaban J connectivity index is 2.15. The van der Waals surface area contributed by atoms with Crippen LogP contribution in [-0.2, 0) is 0 Å². The smallest absolute Gasteiger partial charge is 0.0210 e. The van der Waals surface area contributed by atoms with E-state index in [-0.39, 0.29) is 0 Å². The molecule has 0 unspecified atom stereocenters. The van der Waals surface area contributed by atoms with Crippen molar-refractivity contribution in [3.63, 3.8) is 0 Å². The van der Waals surface area contributed by atoms with Crippen LogP contribution in [0.4, 0.5) is 0 Å². The summed E-state index contributed by atoms with van der Waals surface area (Å²) in [5, 5.41) is 0. The van der Waals surface area contributed by atoms with Crippen LogP contribution in [0, 0.1) is 6.92 Å². The van der Waals surface area contributed by atoms with Crippen molar-refractivity contribution in [2.45, 2.75) is 37.6 Å². The topological polar surface area (TPSA) is 3.24 Å². The van der Waals surface area contributed by atoms with Crippen LogP contribution in [-0.4, -0.2) is 23.5 Å². The van der Waals surface area contributed by atoms with Crippen molar-refractivity contribution in [2.75, 3.05) is 13.1 Å². The van der Waals surface area contributed by atoms with Gasteiger partial charge in [-0.15, -0.1) is 0 Å². The minimum Gasteiger partial charge on any atom is -0.298 e. The van der Waals surface area contributed by atoms with Gasteiger partial charge in [-0.3, -0.25) is 4.90 Å². The Kier molecular flexibility index (Phi) is 1.48. The Labute approximate surface area is 63.4 Å². The van der Waals surface area contributed by atoms with Crippen LogP contribution in [0.3, 0.4) is 0 Å². The second-order valence-corrected chi connectivity index (χ2v) is 3.67. The van der Waals surface area contributed by atoms with Crippen LogP contribution in [0.15, 0.2) is 0 Å². The highest BCUT2D eigenvalue weighted by atomic mass is 15.2. The predicted molar refractivity (Wildman–Crippen MR) is 42.7 cm³/mol. The fraction of sp³-hybridized carbons (Fsp3) is 0.889. The monoisotopic (exact) mass is 138 g/mol. The normalized spacial score (nSPS) is 30.9. The maximum atomic E-state index is 4.06. The summed E-state index contributed by atoms with van der Waals surface area (Å²) in [6.07, 6.45) is 6.78. The van der Waals surface area contributed by atoms with Crippen molar-refractivity contribution in [3.8, 4) is 0 Å². The van der Waals surface area contributed by atoms with Crippen LogP contribution in [0.25, 0.3) is 0 Å². The molecule has 2 heterocycles. The Bertz CT molecular complexity index is 121. The molecule has 0 aromatic rings. The van der Waals surface area contributed by atoms with Crippen molar-refractivity contribution in [3.05, 3.63) is 6.92 Å². The summed E-state index contributed by atoms with van der Waals surface area (Å²) >= 11 is 0. The first kappa shape index (κ1) is 6.66. The third-order valence-corrected chi connectivity index (χ3v) is 3.28. The zero-order valence-electron chi connectivity index (χ0n) is 6.60. The molecule has 1 radical (unpaired) electrons. The first-order valence-corrected chi connectivity index (χ1v) is 4.42. The third kappa shape index (κ3) is 0.731. The van der Waals surface area contributed by atoms with Crippen molar-refractivity contribution < 1.29 is 0 Å². The zero-order valence-corrected chi connectivity index (χ0v) is 6.60. The van der Waals surface area contributed by atoms with Gasteiger partial charge in [-0.1, -0.05) is 6.92 Å². The van der Waals surface area contributed by atoms with Crippen molar-refractivity contribution >= 4 is 0 Å². The standard InChI is InChI=1S/C9H16N/c1-2-9-5-3-7-10(9)8-4-6-9/h1-8H2. The van der Waals surface area contributed by atoms with Gasteiger partial charge in [-0.25, -0.2) is 0 Å². The summed E-state index contributed by atoms with van der Waals surface area (Å²) in [6, 6.07) is 0. The quantitative estimate of drug-likeness (QED) is 0.534. The SMILES string of the molecule is [CH2]CC12CCCN1CCC2. The molecule has 0 aromatic heterocycles. The molecular weight excluding hydrogens is 122 g/mol. The molecule has 10 heavy (non-hydrogen) atoms. The number of hydrogen-bond donors (Lipinski definition) is 0. The fourth-order valence-corrected chi connectivity index (χ4v) is 2.63. The Hall–Kier alpha value is -0.0400. The van der Waals surface area contributed by atoms with Crippen molar-refractivity contribution in [1.29, 1.82) is 0 Å². The molecule has 57 valence electrons. The lowest BCUT2D eigenvalue weighted by atomic mass is 9.91. The summed E-state index contributed by atoms with van der Waals surface area (Å²) in [6.45, 7) is 6.75. The van der Waals surface area contributed by atoms with Gasteiger partial charge in [0.2, 0.25) is 0 Å². The van der Waals surface area contributed by atoms with E-state index in [1.807, 2.05) is 0 Å². The van der Waals surface area contributed by atoms with Crippen LogP contribution < -0.4 is 0 Å². The van der Waals surface area contributed by atoms with Gasteiger partial charge in [0, 0.05) is 5.54 Å². The molecule has 0 atom stereocenters. The van der Waals surface area contributed by atoms with Crippen LogP contribution in [0.5, 0.6) is 0 Å². The van der Waals surface area contributed by atoms with E-state index >= 15 is 0 Å². The highest BCUT2D eigenvalue weighted by Crippen LogP contribution is 2.40. The Morgan fingerprint density at radius 2 is 1.80 bits per heavy atom. The summed E-state index contributed by atoms with van der Waals surface area (Å²) in [5.41, 5.74) is 0.569. The first-order valence-electron chi connectivity index (χ1n) is 4.42. The summed E-state index contributed by atoms with van der Waals surface area (Å²) in [5.74, 6) is 0. The third-order valence-electron chi connectivity index (χ3n) is 3.28. The summed E-state index contributed by atoms with van der Waals surface area (Å²) < 4.78 is 0. The second-order valence-electron chi connectivity index (χ2n) is 3.67. The summed E-state index contributed by atoms with van der Waals surface area (Å²) in [4.78, 5) is 2.65. The van der Waals surface area contributed by atoms with E-state index < -0.39 is 0 Å². The van der Waals surface area contributed by atoms with Gasteiger partial charge in [0.1, 0.15) is 0 Å². The minimum absolute atomic E-state index is 0.569. The molecule has 2 aliphatic rings. The van der Waals surface area contributed by atoms with Gasteiger partial charge in [0.05, 0.1) is 0 Å². The molecule has 0 N–H and O–H groups in total. The molecule has 0 amide bonds. The van der Waals surface area contributed by atoms with Crippen LogP contribution in [0.2, 0.25) is 0 Å². The molecule has 1 heteroatoms. The number of nitrogens with zero attached hydrogens (tertiary/aromatic N) is 1. The lowest BCUT2D eigenvalue weighted by molar-refractivity contribution is 0.197. The molecule has 2 rings (SSSR count). The highest BCUT2D eigenvalue weighted by molar-refractivity contribution is 5.00. The molecule has 0 bridgehead atoms. The lowest BCUT2D eigenvalue weighted by Crippen LogP contribution is -2.37. The van der Waals surface area contributed by atoms with E-state index in [9.17, 15) is 0 Å². The largest absolute Gasteiger partial charge is 0.298 e. The van der Waals surface area contributed by atoms with Gasteiger partial charge >= 0.3 is 0 Å². The van der Waals surface area contributed by atoms with Gasteiger partial charge in [-0.2, -0.15) is 0 Å². The van der Waals surface area contributed by atoms with E-state index in [1.165, 1.54) is 38.8 Å². The molecule has 0 saturated carbocycles. The summed E-state index contributed by atoms with van der Waals surface area (Å²) in [7, 11) is 0. The molecule has 1 nitrogen and oxygen atoms in total. The minimum atomic E-state index is 0.569. The second kappa shape index (κ2) is 2.23. The average Bonchev–Trinajstić information content (AvgIpc) is 2.42. The molecule has 0 aliphatic carbocycles. The number of fused-ring (bicyclic) bond motifs is 1. The maximum absolute atomic E-state index is 4.06. The van der Waals surface area contributed by atoms with Crippen molar-refractivity contribution in [1.82, 2.24) is 4.90 Å². The van der Waals surface area contributed by atoms with Gasteiger partial charge < -0.3 is 0 Å². The molecule has 2 fully saturated rings. The first-order chi connectivity index (χ1) is 4.87. The molecule has 2 aliphatic heterocycles. The predicted octanol–water partition coefficient (Wildman–Crippen LogP) is 1.84. The van der Waals surface area contributed by atoms with Gasteiger partial charge in [0.15, 0.2) is 0 Å². The van der Waals surface area contributed by atoms with Gasteiger partial charge in [0.25, 0.3) is 0 Å².